The minimum Gasteiger partial charge on any atom is -0.466 e. The van der Waals surface area contributed by atoms with E-state index in [-0.39, 0.29) is 24.8 Å². The first kappa shape index (κ1) is 20.6. The van der Waals surface area contributed by atoms with Crippen LogP contribution in [0.5, 0.6) is 0 Å². The van der Waals surface area contributed by atoms with Crippen molar-refractivity contribution in [1.82, 2.24) is 10.3 Å². The number of ether oxygens (including phenoxy) is 1. The molecule has 150 valence electrons. The molecule has 3 aromatic rings. The highest BCUT2D eigenvalue weighted by Gasteiger charge is 2.20. The Kier molecular flexibility index (Phi) is 7.03. The number of hydrogen-bond acceptors (Lipinski definition) is 5. The molecule has 0 radical (unpaired) electrons. The molecule has 3 rings (SSSR count). The maximum Gasteiger partial charge on any atom is 0.307 e. The molecule has 0 aliphatic rings. The minimum atomic E-state index is -0.441. The fraction of sp³-hybridized carbons (Fsp3) is 0.227. The molecule has 1 unspecified atom stereocenters. The van der Waals surface area contributed by atoms with Gasteiger partial charge in [0.25, 0.3) is 5.91 Å². The highest BCUT2D eigenvalue weighted by atomic mass is 35.5. The maximum atomic E-state index is 12.3. The molecule has 0 aliphatic heterocycles. The van der Waals surface area contributed by atoms with Crippen LogP contribution in [0.25, 0.3) is 11.1 Å². The van der Waals surface area contributed by atoms with Crippen LogP contribution in [0.2, 0.25) is 5.02 Å². The number of carbonyl (C=O) groups is 2. The lowest BCUT2D eigenvalue weighted by Gasteiger charge is -2.18. The number of carbonyl (C=O) groups excluding carboxylic acids is 2. The summed E-state index contributed by atoms with van der Waals surface area (Å²) in [4.78, 5) is 28.0. The smallest absolute Gasteiger partial charge is 0.307 e. The zero-order chi connectivity index (χ0) is 20.6. The first-order valence-corrected chi connectivity index (χ1v) is 9.63. The normalized spacial score (nSPS) is 11.7. The SMILES string of the molecule is CCOC(=O)CC(Cc1ccc(-c2cccc(Cl)c2)cc1)NC(=O)c1cnco1. The molecule has 0 bridgehead atoms. The van der Waals surface area contributed by atoms with Crippen LogP contribution in [0.3, 0.4) is 0 Å². The van der Waals surface area contributed by atoms with Crippen molar-refractivity contribution in [1.29, 1.82) is 0 Å². The van der Waals surface area contributed by atoms with Crippen molar-refractivity contribution in [2.24, 2.45) is 0 Å². The van der Waals surface area contributed by atoms with E-state index in [0.717, 1.165) is 16.7 Å². The molecule has 29 heavy (non-hydrogen) atoms. The van der Waals surface area contributed by atoms with Crippen molar-refractivity contribution in [2.75, 3.05) is 6.61 Å². The molecule has 0 aliphatic carbocycles. The fourth-order valence-electron chi connectivity index (χ4n) is 2.97. The average Bonchev–Trinajstić information content (AvgIpc) is 3.24. The van der Waals surface area contributed by atoms with E-state index < -0.39 is 11.9 Å². The Labute approximate surface area is 173 Å². The first-order valence-electron chi connectivity index (χ1n) is 9.25. The van der Waals surface area contributed by atoms with Gasteiger partial charge in [0.05, 0.1) is 19.2 Å². The monoisotopic (exact) mass is 412 g/mol. The number of amides is 1. The molecule has 1 aromatic heterocycles. The van der Waals surface area contributed by atoms with Crippen LogP contribution in [0.1, 0.15) is 29.5 Å². The van der Waals surface area contributed by atoms with E-state index in [1.807, 2.05) is 48.5 Å². The Morgan fingerprint density at radius 1 is 1.17 bits per heavy atom. The van der Waals surface area contributed by atoms with Gasteiger partial charge in [0.1, 0.15) is 0 Å². The Bertz CT molecular complexity index is 955. The standard InChI is InChI=1S/C22H21ClN2O4/c1-2-28-21(26)12-19(25-22(27)20-13-24-14-29-20)10-15-6-8-16(9-7-15)17-4-3-5-18(23)11-17/h3-9,11,13-14,19H,2,10,12H2,1H3,(H,25,27). The van der Waals surface area contributed by atoms with Gasteiger partial charge in [-0.2, -0.15) is 0 Å². The summed E-state index contributed by atoms with van der Waals surface area (Å²) in [6.07, 6.45) is 3.04. The van der Waals surface area contributed by atoms with Gasteiger partial charge in [-0.1, -0.05) is 48.0 Å². The Morgan fingerprint density at radius 2 is 1.97 bits per heavy atom. The fourth-order valence-corrected chi connectivity index (χ4v) is 3.16. The zero-order valence-electron chi connectivity index (χ0n) is 15.9. The number of nitrogens with zero attached hydrogens (tertiary/aromatic N) is 1. The van der Waals surface area contributed by atoms with Crippen molar-refractivity contribution in [3.05, 3.63) is 77.5 Å². The van der Waals surface area contributed by atoms with Gasteiger partial charge in [-0.3, -0.25) is 9.59 Å². The van der Waals surface area contributed by atoms with Crippen molar-refractivity contribution in [2.45, 2.75) is 25.8 Å². The van der Waals surface area contributed by atoms with E-state index in [0.29, 0.717) is 11.4 Å². The lowest BCUT2D eigenvalue weighted by atomic mass is 9.99. The van der Waals surface area contributed by atoms with E-state index in [1.165, 1.54) is 12.6 Å². The molecule has 0 saturated heterocycles. The van der Waals surface area contributed by atoms with Crippen LogP contribution in [0.4, 0.5) is 0 Å². The second-order valence-electron chi connectivity index (χ2n) is 6.46. The number of aromatic nitrogens is 1. The van der Waals surface area contributed by atoms with E-state index in [2.05, 4.69) is 10.3 Å². The summed E-state index contributed by atoms with van der Waals surface area (Å²) in [6.45, 7) is 2.03. The summed E-state index contributed by atoms with van der Waals surface area (Å²) in [7, 11) is 0. The third kappa shape index (κ3) is 5.93. The van der Waals surface area contributed by atoms with Crippen molar-refractivity contribution < 1.29 is 18.7 Å². The Hall–Kier alpha value is -3.12. The van der Waals surface area contributed by atoms with Crippen LogP contribution in [0, 0.1) is 0 Å². The van der Waals surface area contributed by atoms with E-state index >= 15 is 0 Å². The van der Waals surface area contributed by atoms with Gasteiger partial charge in [0, 0.05) is 11.1 Å². The highest BCUT2D eigenvalue weighted by Crippen LogP contribution is 2.23. The molecule has 2 aromatic carbocycles. The van der Waals surface area contributed by atoms with Gasteiger partial charge >= 0.3 is 5.97 Å². The van der Waals surface area contributed by atoms with Crippen molar-refractivity contribution in [3.63, 3.8) is 0 Å². The lowest BCUT2D eigenvalue weighted by molar-refractivity contribution is -0.143. The molecule has 1 N–H and O–H groups in total. The third-order valence-electron chi connectivity index (χ3n) is 4.30. The molecule has 1 amide bonds. The van der Waals surface area contributed by atoms with E-state index in [1.54, 1.807) is 6.92 Å². The summed E-state index contributed by atoms with van der Waals surface area (Å²) in [5.41, 5.74) is 3.03. The third-order valence-corrected chi connectivity index (χ3v) is 4.54. The molecule has 1 heterocycles. The highest BCUT2D eigenvalue weighted by molar-refractivity contribution is 6.30. The molecular weight excluding hydrogens is 392 g/mol. The van der Waals surface area contributed by atoms with Crippen LogP contribution < -0.4 is 5.32 Å². The van der Waals surface area contributed by atoms with Gasteiger partial charge in [-0.25, -0.2) is 4.98 Å². The summed E-state index contributed by atoms with van der Waals surface area (Å²) in [5, 5.41) is 3.50. The van der Waals surface area contributed by atoms with Crippen LogP contribution >= 0.6 is 11.6 Å². The number of esters is 1. The largest absolute Gasteiger partial charge is 0.466 e. The summed E-state index contributed by atoms with van der Waals surface area (Å²) in [6, 6.07) is 15.1. The van der Waals surface area contributed by atoms with Crippen LogP contribution in [-0.2, 0) is 16.0 Å². The second kappa shape index (κ2) is 9.89. The average molecular weight is 413 g/mol. The molecule has 7 heteroatoms. The Morgan fingerprint density at radius 3 is 2.62 bits per heavy atom. The topological polar surface area (TPSA) is 81.4 Å². The van der Waals surface area contributed by atoms with Crippen LogP contribution in [-0.4, -0.2) is 29.5 Å². The molecule has 0 fully saturated rings. The Balaban J connectivity index is 1.72. The molecule has 0 spiro atoms. The summed E-state index contributed by atoms with van der Waals surface area (Å²) >= 11 is 6.06. The zero-order valence-corrected chi connectivity index (χ0v) is 16.7. The number of hydrogen-bond donors (Lipinski definition) is 1. The number of rotatable bonds is 8. The van der Waals surface area contributed by atoms with E-state index in [9.17, 15) is 9.59 Å². The predicted molar refractivity (Wildman–Crippen MR) is 110 cm³/mol. The first-order chi connectivity index (χ1) is 14.0. The maximum absolute atomic E-state index is 12.3. The number of oxazole rings is 1. The van der Waals surface area contributed by atoms with Crippen molar-refractivity contribution in [3.8, 4) is 11.1 Å². The minimum absolute atomic E-state index is 0.0593. The number of nitrogens with one attached hydrogen (secondary N) is 1. The van der Waals surface area contributed by atoms with Gasteiger partial charge in [-0.15, -0.1) is 0 Å². The lowest BCUT2D eigenvalue weighted by Crippen LogP contribution is -2.38. The quantitative estimate of drug-likeness (QED) is 0.558. The summed E-state index contributed by atoms with van der Waals surface area (Å²) in [5.74, 6) is -0.701. The van der Waals surface area contributed by atoms with Gasteiger partial charge in [0.2, 0.25) is 5.76 Å². The molecule has 0 saturated carbocycles. The number of benzene rings is 2. The van der Waals surface area contributed by atoms with Crippen LogP contribution in [0.15, 0.2) is 65.5 Å². The number of halogens is 1. The molecular formula is C22H21ClN2O4. The van der Waals surface area contributed by atoms with Gasteiger partial charge in [0.15, 0.2) is 6.39 Å². The predicted octanol–water partition coefficient (Wildman–Crippen LogP) is 4.29. The molecule has 6 nitrogen and oxygen atoms in total. The second-order valence-corrected chi connectivity index (χ2v) is 6.89. The van der Waals surface area contributed by atoms with Crippen molar-refractivity contribution >= 4 is 23.5 Å². The van der Waals surface area contributed by atoms with E-state index in [4.69, 9.17) is 20.8 Å². The molecule has 1 atom stereocenters. The van der Waals surface area contributed by atoms with Gasteiger partial charge < -0.3 is 14.5 Å². The summed E-state index contributed by atoms with van der Waals surface area (Å²) < 4.78 is 10.1. The van der Waals surface area contributed by atoms with Gasteiger partial charge in [-0.05, 0) is 42.2 Å².